The Balaban J connectivity index is 2.07. The lowest BCUT2D eigenvalue weighted by atomic mass is 10.1. The third kappa shape index (κ3) is 3.43. The van der Waals surface area contributed by atoms with Crippen LogP contribution in [-0.2, 0) is 0 Å². The largest absolute Gasteiger partial charge is 0.435 e. The molecule has 2 rings (SSSR count). The summed E-state index contributed by atoms with van der Waals surface area (Å²) in [6, 6.07) is 8.73. The Kier molecular flexibility index (Phi) is 4.15. The van der Waals surface area contributed by atoms with Crippen molar-refractivity contribution in [3.63, 3.8) is 0 Å². The van der Waals surface area contributed by atoms with Gasteiger partial charge in [-0.3, -0.25) is 0 Å². The van der Waals surface area contributed by atoms with Crippen LogP contribution in [-0.4, -0.2) is 6.61 Å². The minimum atomic E-state index is -2.79. The molecule has 0 aliphatic heterocycles. The van der Waals surface area contributed by atoms with Gasteiger partial charge in [0.05, 0.1) is 0 Å². The van der Waals surface area contributed by atoms with Crippen LogP contribution in [0.4, 0.5) is 14.5 Å². The third-order valence-electron chi connectivity index (χ3n) is 2.49. The smallest absolute Gasteiger partial charge is 0.387 e. The molecule has 0 fully saturated rings. The molecular weight excluding hydrogens is 256 g/mol. The van der Waals surface area contributed by atoms with Gasteiger partial charge in [-0.1, -0.05) is 12.1 Å². The Labute approximate surface area is 108 Å². The predicted octanol–water partition coefficient (Wildman–Crippen LogP) is 4.52. The Morgan fingerprint density at radius 2 is 2.11 bits per heavy atom. The molecular formula is C13H13F2NOS. The van der Waals surface area contributed by atoms with Crippen LogP contribution in [0.15, 0.2) is 41.1 Å². The number of thiophene rings is 1. The van der Waals surface area contributed by atoms with E-state index in [4.69, 9.17) is 0 Å². The number of ether oxygens (including phenoxy) is 1. The lowest BCUT2D eigenvalue weighted by Crippen LogP contribution is -2.07. The number of anilines is 1. The number of halogens is 2. The Hall–Kier alpha value is -1.62. The molecule has 2 aromatic rings. The van der Waals surface area contributed by atoms with Gasteiger partial charge in [0.15, 0.2) is 0 Å². The van der Waals surface area contributed by atoms with Gasteiger partial charge in [0.1, 0.15) is 5.75 Å². The molecule has 1 N–H and O–H groups in total. The fourth-order valence-electron chi connectivity index (χ4n) is 1.64. The molecule has 18 heavy (non-hydrogen) atoms. The average Bonchev–Trinajstić information content (AvgIpc) is 2.81. The molecule has 0 spiro atoms. The highest BCUT2D eigenvalue weighted by atomic mass is 32.1. The van der Waals surface area contributed by atoms with Crippen LogP contribution in [0.1, 0.15) is 18.5 Å². The average molecular weight is 269 g/mol. The number of hydrogen-bond acceptors (Lipinski definition) is 3. The molecule has 0 bridgehead atoms. The molecule has 1 aromatic carbocycles. The van der Waals surface area contributed by atoms with E-state index >= 15 is 0 Å². The van der Waals surface area contributed by atoms with Crippen LogP contribution in [0.25, 0.3) is 0 Å². The Bertz CT molecular complexity index is 487. The first-order chi connectivity index (χ1) is 8.65. The maximum absolute atomic E-state index is 12.1. The molecule has 0 aliphatic carbocycles. The zero-order valence-corrected chi connectivity index (χ0v) is 10.6. The zero-order chi connectivity index (χ0) is 13.0. The van der Waals surface area contributed by atoms with Crippen LogP contribution in [0.3, 0.4) is 0 Å². The van der Waals surface area contributed by atoms with Crippen molar-refractivity contribution in [1.82, 2.24) is 0 Å². The Morgan fingerprint density at radius 3 is 2.78 bits per heavy atom. The maximum atomic E-state index is 12.1. The second-order valence-electron chi connectivity index (χ2n) is 3.83. The first kappa shape index (κ1) is 12.8. The monoisotopic (exact) mass is 269 g/mol. The van der Waals surface area contributed by atoms with Gasteiger partial charge in [0.25, 0.3) is 0 Å². The van der Waals surface area contributed by atoms with Gasteiger partial charge in [-0.2, -0.15) is 20.1 Å². The normalized spacial score (nSPS) is 12.4. The summed E-state index contributed by atoms with van der Waals surface area (Å²) >= 11 is 1.60. The summed E-state index contributed by atoms with van der Waals surface area (Å²) in [4.78, 5) is 0. The van der Waals surface area contributed by atoms with Gasteiger partial charge in [0, 0.05) is 17.1 Å². The standard InChI is InChI=1S/C13H13F2NOS/c1-9(16-11-5-6-18-8-11)10-3-2-4-12(7-10)17-13(14)15/h2-9,13,16H,1H3. The summed E-state index contributed by atoms with van der Waals surface area (Å²) in [5, 5.41) is 7.26. The van der Waals surface area contributed by atoms with Gasteiger partial charge < -0.3 is 10.1 Å². The van der Waals surface area contributed by atoms with Crippen molar-refractivity contribution in [3.05, 3.63) is 46.7 Å². The first-order valence-electron chi connectivity index (χ1n) is 5.48. The number of rotatable bonds is 5. The molecule has 0 saturated carbocycles. The van der Waals surface area contributed by atoms with E-state index in [1.807, 2.05) is 29.8 Å². The molecule has 5 heteroatoms. The topological polar surface area (TPSA) is 21.3 Å². The molecule has 0 radical (unpaired) electrons. The van der Waals surface area contributed by atoms with Crippen molar-refractivity contribution in [2.24, 2.45) is 0 Å². The molecule has 2 nitrogen and oxygen atoms in total. The van der Waals surface area contributed by atoms with Crippen molar-refractivity contribution >= 4 is 17.0 Å². The van der Waals surface area contributed by atoms with Crippen LogP contribution in [0, 0.1) is 0 Å². The highest BCUT2D eigenvalue weighted by molar-refractivity contribution is 7.08. The van der Waals surface area contributed by atoms with E-state index in [1.54, 1.807) is 23.5 Å². The van der Waals surface area contributed by atoms with Crippen LogP contribution in [0.2, 0.25) is 0 Å². The van der Waals surface area contributed by atoms with E-state index < -0.39 is 6.61 Å². The van der Waals surface area contributed by atoms with Gasteiger partial charge in [-0.25, -0.2) is 0 Å². The van der Waals surface area contributed by atoms with Gasteiger partial charge in [-0.15, -0.1) is 0 Å². The maximum Gasteiger partial charge on any atom is 0.387 e. The molecule has 1 heterocycles. The predicted molar refractivity (Wildman–Crippen MR) is 69.4 cm³/mol. The fourth-order valence-corrected chi connectivity index (χ4v) is 2.24. The van der Waals surface area contributed by atoms with E-state index in [0.717, 1.165) is 11.3 Å². The number of nitrogens with one attached hydrogen (secondary N) is 1. The molecule has 1 unspecified atom stereocenters. The number of alkyl halides is 2. The Morgan fingerprint density at radius 1 is 1.28 bits per heavy atom. The van der Waals surface area contributed by atoms with E-state index in [1.165, 1.54) is 6.07 Å². The van der Waals surface area contributed by atoms with Crippen LogP contribution >= 0.6 is 11.3 Å². The summed E-state index contributed by atoms with van der Waals surface area (Å²) in [5.41, 5.74) is 1.92. The second-order valence-corrected chi connectivity index (χ2v) is 4.61. The summed E-state index contributed by atoms with van der Waals surface area (Å²) in [5.74, 6) is 0.182. The summed E-state index contributed by atoms with van der Waals surface area (Å²) in [6.45, 7) is -0.820. The summed E-state index contributed by atoms with van der Waals surface area (Å²) < 4.78 is 28.6. The number of benzene rings is 1. The molecule has 1 aromatic heterocycles. The van der Waals surface area contributed by atoms with Crippen molar-refractivity contribution in [2.75, 3.05) is 5.32 Å². The van der Waals surface area contributed by atoms with Gasteiger partial charge >= 0.3 is 6.61 Å². The van der Waals surface area contributed by atoms with Crippen molar-refractivity contribution in [1.29, 1.82) is 0 Å². The lowest BCUT2D eigenvalue weighted by Gasteiger charge is -2.15. The van der Waals surface area contributed by atoms with E-state index in [0.29, 0.717) is 0 Å². The van der Waals surface area contributed by atoms with Gasteiger partial charge in [-0.05, 0) is 36.1 Å². The third-order valence-corrected chi connectivity index (χ3v) is 3.17. The number of hydrogen-bond donors (Lipinski definition) is 1. The van der Waals surface area contributed by atoms with E-state index in [-0.39, 0.29) is 11.8 Å². The summed E-state index contributed by atoms with van der Waals surface area (Å²) in [7, 11) is 0. The van der Waals surface area contributed by atoms with Gasteiger partial charge in [0.2, 0.25) is 0 Å². The highest BCUT2D eigenvalue weighted by Gasteiger charge is 2.09. The second kappa shape index (κ2) is 5.82. The van der Waals surface area contributed by atoms with Crippen LogP contribution in [0.5, 0.6) is 5.75 Å². The SMILES string of the molecule is CC(Nc1ccsc1)c1cccc(OC(F)F)c1. The molecule has 0 amide bonds. The lowest BCUT2D eigenvalue weighted by molar-refractivity contribution is -0.0498. The fraction of sp³-hybridized carbons (Fsp3) is 0.231. The van der Waals surface area contributed by atoms with Crippen LogP contribution < -0.4 is 10.1 Å². The first-order valence-corrected chi connectivity index (χ1v) is 6.43. The molecule has 96 valence electrons. The van der Waals surface area contributed by atoms with Crippen molar-refractivity contribution < 1.29 is 13.5 Å². The van der Waals surface area contributed by atoms with E-state index in [9.17, 15) is 8.78 Å². The minimum Gasteiger partial charge on any atom is -0.435 e. The highest BCUT2D eigenvalue weighted by Crippen LogP contribution is 2.24. The molecule has 0 saturated heterocycles. The minimum absolute atomic E-state index is 0.0285. The molecule has 1 atom stereocenters. The van der Waals surface area contributed by atoms with E-state index in [2.05, 4.69) is 10.1 Å². The van der Waals surface area contributed by atoms with Crippen molar-refractivity contribution in [3.8, 4) is 5.75 Å². The summed E-state index contributed by atoms with van der Waals surface area (Å²) in [6.07, 6.45) is 0. The van der Waals surface area contributed by atoms with Crippen molar-refractivity contribution in [2.45, 2.75) is 19.6 Å². The zero-order valence-electron chi connectivity index (χ0n) is 9.77. The molecule has 0 aliphatic rings. The quantitative estimate of drug-likeness (QED) is 0.861.